The van der Waals surface area contributed by atoms with Gasteiger partial charge in [-0.25, -0.2) is 0 Å². The van der Waals surface area contributed by atoms with Gasteiger partial charge in [-0.2, -0.15) is 0 Å². The van der Waals surface area contributed by atoms with E-state index in [1.165, 1.54) is 24.8 Å². The zero-order valence-electron chi connectivity index (χ0n) is 13.0. The Morgan fingerprint density at radius 2 is 2.05 bits per heavy atom. The predicted molar refractivity (Wildman–Crippen MR) is 90.5 cm³/mol. The highest BCUT2D eigenvalue weighted by Gasteiger charge is 2.21. The van der Waals surface area contributed by atoms with Gasteiger partial charge in [0.25, 0.3) is 0 Å². The Morgan fingerprint density at radius 1 is 1.27 bits per heavy atom. The maximum Gasteiger partial charge on any atom is 0.250 e. The van der Waals surface area contributed by atoms with E-state index in [2.05, 4.69) is 6.07 Å². The minimum Gasteiger partial charge on any atom is -0.612 e. The van der Waals surface area contributed by atoms with E-state index in [-0.39, 0.29) is 5.56 Å². The van der Waals surface area contributed by atoms with E-state index in [4.69, 9.17) is 0 Å². The number of aromatic nitrogens is 1. The summed E-state index contributed by atoms with van der Waals surface area (Å²) in [4.78, 5) is 12.4. The van der Waals surface area contributed by atoms with Gasteiger partial charge in [0, 0.05) is 25.4 Å². The van der Waals surface area contributed by atoms with Crippen LogP contribution >= 0.6 is 0 Å². The van der Waals surface area contributed by atoms with Crippen molar-refractivity contribution in [2.75, 3.05) is 6.26 Å². The van der Waals surface area contributed by atoms with Crippen molar-refractivity contribution in [2.24, 2.45) is 13.0 Å². The molecule has 1 aliphatic rings. The van der Waals surface area contributed by atoms with Crippen molar-refractivity contribution in [1.82, 2.24) is 4.57 Å². The summed E-state index contributed by atoms with van der Waals surface area (Å²) in [6, 6.07) is 9.53. The molecule has 1 heterocycles. The second-order valence-electron chi connectivity index (χ2n) is 6.12. The van der Waals surface area contributed by atoms with Gasteiger partial charge >= 0.3 is 0 Å². The highest BCUT2D eigenvalue weighted by Crippen LogP contribution is 2.35. The summed E-state index contributed by atoms with van der Waals surface area (Å²) < 4.78 is 13.4. The Hall–Kier alpha value is -1.52. The van der Waals surface area contributed by atoms with Crippen LogP contribution in [0, 0.1) is 5.92 Å². The molecule has 0 amide bonds. The average molecular weight is 315 g/mol. The van der Waals surface area contributed by atoms with Gasteiger partial charge in [-0.1, -0.05) is 18.9 Å². The topological polar surface area (TPSA) is 45.1 Å². The van der Waals surface area contributed by atoms with Crippen LogP contribution in [0.25, 0.3) is 11.1 Å². The Morgan fingerprint density at radius 3 is 2.68 bits per heavy atom. The fourth-order valence-electron chi connectivity index (χ4n) is 2.74. The van der Waals surface area contributed by atoms with E-state index in [0.29, 0.717) is 0 Å². The number of nitrogens with zero attached hydrogens (tertiary/aromatic N) is 1. The molecule has 0 spiro atoms. The normalized spacial score (nSPS) is 15.8. The van der Waals surface area contributed by atoms with E-state index < -0.39 is 11.2 Å². The van der Waals surface area contributed by atoms with Crippen LogP contribution in [0.1, 0.15) is 24.8 Å². The first-order valence-electron chi connectivity index (χ1n) is 7.68. The first-order chi connectivity index (χ1) is 10.5. The third-order valence-corrected chi connectivity index (χ3v) is 5.25. The quantitative estimate of drug-likeness (QED) is 0.796. The average Bonchev–Trinajstić information content (AvgIpc) is 3.32. The first kappa shape index (κ1) is 15.4. The lowest BCUT2D eigenvalue weighted by Crippen LogP contribution is -2.14. The fourth-order valence-corrected chi connectivity index (χ4v) is 3.28. The summed E-state index contributed by atoms with van der Waals surface area (Å²) in [5, 5.41) is 0. The number of rotatable bonds is 5. The molecule has 1 saturated carbocycles. The Labute approximate surface area is 134 Å². The zero-order valence-corrected chi connectivity index (χ0v) is 13.9. The predicted octanol–water partition coefficient (Wildman–Crippen LogP) is 3.13. The monoisotopic (exact) mass is 315 g/mol. The van der Waals surface area contributed by atoms with Gasteiger partial charge in [0.1, 0.15) is 6.26 Å². The molecule has 1 atom stereocenters. The molecule has 1 aromatic heterocycles. The molecular formula is C18H21NO2S. The molecule has 1 fully saturated rings. The molecule has 1 unspecified atom stereocenters. The van der Waals surface area contributed by atoms with Crippen molar-refractivity contribution >= 4 is 11.2 Å². The molecule has 2 aromatic rings. The second kappa shape index (κ2) is 6.31. The van der Waals surface area contributed by atoms with E-state index in [0.717, 1.165) is 28.4 Å². The summed E-state index contributed by atoms with van der Waals surface area (Å²) >= 11 is -1.000. The summed E-state index contributed by atoms with van der Waals surface area (Å²) in [6.07, 6.45) is 8.52. The summed E-state index contributed by atoms with van der Waals surface area (Å²) in [5.74, 6) is 0.882. The van der Waals surface area contributed by atoms with E-state index in [1.807, 2.05) is 24.4 Å². The van der Waals surface area contributed by atoms with E-state index in [9.17, 15) is 9.35 Å². The van der Waals surface area contributed by atoms with Gasteiger partial charge in [-0.05, 0) is 58.8 Å². The highest BCUT2D eigenvalue weighted by atomic mass is 32.2. The maximum absolute atomic E-state index is 11.8. The molecular weight excluding hydrogens is 294 g/mol. The van der Waals surface area contributed by atoms with Gasteiger partial charge in [-0.15, -0.1) is 0 Å². The number of pyridine rings is 1. The minimum atomic E-state index is -1.000. The van der Waals surface area contributed by atoms with Crippen LogP contribution in [0.4, 0.5) is 0 Å². The van der Waals surface area contributed by atoms with Gasteiger partial charge < -0.3 is 9.12 Å². The molecule has 116 valence electrons. The smallest absolute Gasteiger partial charge is 0.250 e. The Bertz CT molecular complexity index is 732. The lowest BCUT2D eigenvalue weighted by Gasteiger charge is -2.13. The van der Waals surface area contributed by atoms with Crippen LogP contribution in [0.2, 0.25) is 0 Å². The van der Waals surface area contributed by atoms with Gasteiger partial charge in [0.15, 0.2) is 4.90 Å². The summed E-state index contributed by atoms with van der Waals surface area (Å²) in [5.41, 5.74) is 3.38. The maximum atomic E-state index is 11.8. The Balaban J connectivity index is 2.01. The van der Waals surface area contributed by atoms with Crippen molar-refractivity contribution < 1.29 is 4.55 Å². The second-order valence-corrected chi connectivity index (χ2v) is 7.50. The molecule has 0 N–H and O–H groups in total. The number of aryl methyl sites for hydroxylation is 2. The molecule has 3 rings (SSSR count). The number of benzene rings is 1. The van der Waals surface area contributed by atoms with Crippen molar-refractivity contribution in [3.63, 3.8) is 0 Å². The van der Waals surface area contributed by atoms with Crippen molar-refractivity contribution in [1.29, 1.82) is 0 Å². The fraction of sp³-hybridized carbons (Fsp3) is 0.389. The van der Waals surface area contributed by atoms with E-state index in [1.54, 1.807) is 23.9 Å². The van der Waals surface area contributed by atoms with E-state index >= 15 is 0 Å². The highest BCUT2D eigenvalue weighted by molar-refractivity contribution is 7.90. The molecule has 1 aliphatic carbocycles. The van der Waals surface area contributed by atoms with Crippen LogP contribution in [-0.4, -0.2) is 15.4 Å². The van der Waals surface area contributed by atoms with Crippen LogP contribution in [0.3, 0.4) is 0 Å². The van der Waals surface area contributed by atoms with Gasteiger partial charge in [0.2, 0.25) is 5.56 Å². The largest absolute Gasteiger partial charge is 0.612 e. The number of hydrogen-bond donors (Lipinski definition) is 0. The molecule has 1 aromatic carbocycles. The molecule has 3 nitrogen and oxygen atoms in total. The molecule has 0 radical (unpaired) electrons. The Kier molecular flexibility index (Phi) is 4.41. The lowest BCUT2D eigenvalue weighted by molar-refractivity contribution is 0.601. The molecule has 0 bridgehead atoms. The zero-order chi connectivity index (χ0) is 15.7. The van der Waals surface area contributed by atoms with Crippen LogP contribution in [0.15, 0.2) is 46.2 Å². The first-order valence-corrected chi connectivity index (χ1v) is 9.24. The lowest BCUT2D eigenvalue weighted by atomic mass is 9.97. The third kappa shape index (κ3) is 3.45. The van der Waals surface area contributed by atoms with Crippen LogP contribution < -0.4 is 5.56 Å². The van der Waals surface area contributed by atoms with Crippen molar-refractivity contribution in [2.45, 2.75) is 30.6 Å². The molecule has 0 aliphatic heterocycles. The standard InChI is InChI=1S/C18H21NO2S/c1-19-12-15(8-10-18(19)20)17-11-16(22(2)21)9-7-14(17)6-5-13-3-4-13/h7-13H,3-6H2,1-2H3. The summed E-state index contributed by atoms with van der Waals surface area (Å²) in [6.45, 7) is 0. The van der Waals surface area contributed by atoms with Crippen LogP contribution in [0.5, 0.6) is 0 Å². The number of hydrogen-bond acceptors (Lipinski definition) is 2. The van der Waals surface area contributed by atoms with Crippen LogP contribution in [-0.2, 0) is 24.6 Å². The third-order valence-electron chi connectivity index (χ3n) is 4.33. The van der Waals surface area contributed by atoms with Gasteiger partial charge in [-0.3, -0.25) is 4.79 Å². The van der Waals surface area contributed by atoms with Crippen molar-refractivity contribution in [3.8, 4) is 11.1 Å². The summed E-state index contributed by atoms with van der Waals surface area (Å²) in [7, 11) is 1.76. The van der Waals surface area contributed by atoms with Gasteiger partial charge in [0.05, 0.1) is 0 Å². The SMILES string of the molecule is Cn1cc(-c2cc([S+](C)[O-])ccc2CCC2CC2)ccc1=O. The molecule has 4 heteroatoms. The molecule has 0 saturated heterocycles. The molecule has 22 heavy (non-hydrogen) atoms. The minimum absolute atomic E-state index is 0.0153. The van der Waals surface area contributed by atoms with Crippen molar-refractivity contribution in [3.05, 3.63) is 52.4 Å².